The number of hydrogen-bond acceptors (Lipinski definition) is 5. The summed E-state index contributed by atoms with van der Waals surface area (Å²) < 4.78 is 0. The third kappa shape index (κ3) is 2.65. The quantitative estimate of drug-likeness (QED) is 0.517. The number of nitroso groups, excluding NO2 is 1. The highest BCUT2D eigenvalue weighted by Gasteiger charge is 2.27. The Morgan fingerprint density at radius 1 is 1.80 bits per heavy atom. The Balaban J connectivity index is 4.05. The topological polar surface area (TPSA) is 92.8 Å². The minimum absolute atomic E-state index is 0.312. The van der Waals surface area contributed by atoms with Crippen molar-refractivity contribution in [3.8, 4) is 0 Å². The molecule has 0 radical (unpaired) electrons. The van der Waals surface area contributed by atoms with Crippen LogP contribution < -0.4 is 5.73 Å². The molecule has 0 aromatic heterocycles. The van der Waals surface area contributed by atoms with Gasteiger partial charge >= 0.3 is 0 Å². The van der Waals surface area contributed by atoms with E-state index in [1.165, 1.54) is 6.92 Å². The number of ketones is 1. The van der Waals surface area contributed by atoms with Gasteiger partial charge in [-0.2, -0.15) is 0 Å². The second-order valence-electron chi connectivity index (χ2n) is 2.16. The van der Waals surface area contributed by atoms with Crippen LogP contribution in [-0.4, -0.2) is 23.2 Å². The molecule has 3 N–H and O–H groups in total. The average molecular weight is 146 g/mol. The molecular weight excluding hydrogens is 136 g/mol. The smallest absolute Gasteiger partial charge is 0.216 e. The van der Waals surface area contributed by atoms with E-state index in [1.807, 2.05) is 0 Å². The first kappa shape index (κ1) is 9.19. The summed E-state index contributed by atoms with van der Waals surface area (Å²) >= 11 is 0. The van der Waals surface area contributed by atoms with Gasteiger partial charge in [0.2, 0.25) is 5.72 Å². The van der Waals surface area contributed by atoms with Crippen LogP contribution >= 0.6 is 0 Å². The van der Waals surface area contributed by atoms with Crippen LogP contribution in [-0.2, 0) is 4.79 Å². The van der Waals surface area contributed by atoms with Gasteiger partial charge < -0.3 is 10.8 Å². The molecule has 0 aromatic carbocycles. The molecule has 10 heavy (non-hydrogen) atoms. The highest BCUT2D eigenvalue weighted by Crippen LogP contribution is 2.09. The average Bonchev–Trinajstić information content (AvgIpc) is 1.87. The Labute approximate surface area is 58.2 Å². The summed E-state index contributed by atoms with van der Waals surface area (Å²) in [7, 11) is 0. The second-order valence-corrected chi connectivity index (χ2v) is 2.16. The van der Waals surface area contributed by atoms with Crippen LogP contribution in [0.3, 0.4) is 0 Å². The molecule has 5 nitrogen and oxygen atoms in total. The molecule has 0 fully saturated rings. The van der Waals surface area contributed by atoms with Crippen LogP contribution in [0.15, 0.2) is 5.18 Å². The summed E-state index contributed by atoms with van der Waals surface area (Å²) in [6.45, 7) is 0.932. The summed E-state index contributed by atoms with van der Waals surface area (Å²) in [5, 5.41) is 11.3. The van der Waals surface area contributed by atoms with Gasteiger partial charge in [0, 0.05) is 6.54 Å². The van der Waals surface area contributed by atoms with Crippen LogP contribution in [0.2, 0.25) is 0 Å². The maximum Gasteiger partial charge on any atom is 0.216 e. The van der Waals surface area contributed by atoms with E-state index < -0.39 is 5.72 Å². The highest BCUT2D eigenvalue weighted by atomic mass is 16.4. The maximum atomic E-state index is 10.4. The molecular formula is C5H10N2O3. The number of rotatable bonds is 4. The van der Waals surface area contributed by atoms with Crippen molar-refractivity contribution in [1.29, 1.82) is 0 Å². The number of aliphatic hydroxyl groups is 1. The monoisotopic (exact) mass is 146 g/mol. The Morgan fingerprint density at radius 3 is 2.40 bits per heavy atom. The van der Waals surface area contributed by atoms with E-state index in [1.54, 1.807) is 0 Å². The lowest BCUT2D eigenvalue weighted by molar-refractivity contribution is -0.121. The molecule has 0 aromatic rings. The zero-order valence-corrected chi connectivity index (χ0v) is 5.70. The predicted molar refractivity (Wildman–Crippen MR) is 35.1 cm³/mol. The van der Waals surface area contributed by atoms with Crippen molar-refractivity contribution in [2.45, 2.75) is 19.1 Å². The largest absolute Gasteiger partial charge is 0.365 e. The first-order valence-corrected chi connectivity index (χ1v) is 2.80. The molecule has 0 spiro atoms. The van der Waals surface area contributed by atoms with Crippen molar-refractivity contribution < 1.29 is 9.90 Å². The third-order valence-electron chi connectivity index (χ3n) is 1.03. The minimum Gasteiger partial charge on any atom is -0.365 e. The van der Waals surface area contributed by atoms with Gasteiger partial charge in [-0.3, -0.25) is 4.79 Å². The van der Waals surface area contributed by atoms with E-state index in [4.69, 9.17) is 10.8 Å². The van der Waals surface area contributed by atoms with E-state index in [0.29, 0.717) is 0 Å². The highest BCUT2D eigenvalue weighted by molar-refractivity contribution is 5.76. The van der Waals surface area contributed by atoms with Crippen LogP contribution in [0.1, 0.15) is 13.3 Å². The molecule has 0 saturated heterocycles. The van der Waals surface area contributed by atoms with E-state index in [0.717, 1.165) is 0 Å². The molecule has 0 heterocycles. The van der Waals surface area contributed by atoms with Crippen molar-refractivity contribution in [1.82, 2.24) is 0 Å². The van der Waals surface area contributed by atoms with Crippen molar-refractivity contribution in [2.75, 3.05) is 6.54 Å². The molecule has 58 valence electrons. The lowest BCUT2D eigenvalue weighted by atomic mass is 10.1. The van der Waals surface area contributed by atoms with Crippen LogP contribution in [0.4, 0.5) is 0 Å². The number of nitrogens with two attached hydrogens (primary N) is 1. The Hall–Kier alpha value is -0.810. The second kappa shape index (κ2) is 3.38. The Kier molecular flexibility index (Phi) is 3.11. The summed E-state index contributed by atoms with van der Waals surface area (Å²) in [4.78, 5) is 20.2. The van der Waals surface area contributed by atoms with Gasteiger partial charge in [-0.1, -0.05) is 0 Å². The molecule has 5 heteroatoms. The van der Waals surface area contributed by atoms with E-state index in [-0.39, 0.29) is 18.7 Å². The van der Waals surface area contributed by atoms with Gasteiger partial charge in [-0.15, -0.1) is 4.91 Å². The third-order valence-corrected chi connectivity index (χ3v) is 1.03. The van der Waals surface area contributed by atoms with Crippen molar-refractivity contribution in [3.63, 3.8) is 0 Å². The summed E-state index contributed by atoms with van der Waals surface area (Å²) in [6.07, 6.45) is -0.313. The fraction of sp³-hybridized carbons (Fsp3) is 0.800. The number of nitrogens with zero attached hydrogens (tertiary/aromatic N) is 1. The van der Waals surface area contributed by atoms with Gasteiger partial charge in [-0.25, -0.2) is 0 Å². The number of hydrogen-bond donors (Lipinski definition) is 2. The van der Waals surface area contributed by atoms with Crippen LogP contribution in [0, 0.1) is 4.91 Å². The van der Waals surface area contributed by atoms with Gasteiger partial charge in [0.1, 0.15) is 5.78 Å². The SMILES string of the molecule is CC(=O)CC(O)(CN)N=O. The molecule has 0 aliphatic rings. The Bertz CT molecular complexity index is 148. The molecule has 0 aliphatic heterocycles. The van der Waals surface area contributed by atoms with Crippen LogP contribution in [0.25, 0.3) is 0 Å². The molecule has 0 rings (SSSR count). The molecule has 1 atom stereocenters. The lowest BCUT2D eigenvalue weighted by Crippen LogP contribution is -2.36. The van der Waals surface area contributed by atoms with Crippen molar-refractivity contribution in [3.05, 3.63) is 4.91 Å². The van der Waals surface area contributed by atoms with Crippen molar-refractivity contribution in [2.24, 2.45) is 10.9 Å². The summed E-state index contributed by atoms with van der Waals surface area (Å²) in [5.74, 6) is -0.312. The zero-order valence-electron chi connectivity index (χ0n) is 5.70. The zero-order chi connectivity index (χ0) is 8.20. The van der Waals surface area contributed by atoms with Gasteiger partial charge in [0.15, 0.2) is 0 Å². The van der Waals surface area contributed by atoms with Crippen molar-refractivity contribution >= 4 is 5.78 Å². The van der Waals surface area contributed by atoms with E-state index in [2.05, 4.69) is 5.18 Å². The predicted octanol–water partition coefficient (Wildman–Crippen LogP) is -0.621. The molecule has 0 saturated carbocycles. The van der Waals surface area contributed by atoms with E-state index in [9.17, 15) is 9.70 Å². The maximum absolute atomic E-state index is 10.4. The number of Topliss-reactive ketones (excluding diaryl/α,β-unsaturated/α-hetero) is 1. The number of carbonyl (C=O) groups excluding carboxylic acids is 1. The first-order valence-electron chi connectivity index (χ1n) is 2.80. The van der Waals surface area contributed by atoms with Gasteiger partial charge in [-0.05, 0) is 12.1 Å². The minimum atomic E-state index is -1.90. The molecule has 1 unspecified atom stereocenters. The summed E-state index contributed by atoms with van der Waals surface area (Å²) in [5.41, 5.74) is 3.07. The normalized spacial score (nSPS) is 15.9. The van der Waals surface area contributed by atoms with Gasteiger partial charge in [0.05, 0.1) is 6.42 Å². The molecule has 0 aliphatic carbocycles. The fourth-order valence-electron chi connectivity index (χ4n) is 0.540. The standard InChI is InChI=1S/C5H10N2O3/c1-4(8)2-5(9,3-6)7-10/h9H,2-3,6H2,1H3. The number of carbonyl (C=O) groups is 1. The van der Waals surface area contributed by atoms with Gasteiger partial charge in [0.25, 0.3) is 0 Å². The Morgan fingerprint density at radius 2 is 2.30 bits per heavy atom. The van der Waals surface area contributed by atoms with E-state index >= 15 is 0 Å². The fourth-order valence-corrected chi connectivity index (χ4v) is 0.540. The lowest BCUT2D eigenvalue weighted by Gasteiger charge is -2.14. The molecule has 0 amide bonds. The molecule has 0 bridgehead atoms. The first-order chi connectivity index (χ1) is 4.54. The summed E-state index contributed by atoms with van der Waals surface area (Å²) in [6, 6.07) is 0. The van der Waals surface area contributed by atoms with Crippen LogP contribution in [0.5, 0.6) is 0 Å².